The van der Waals surface area contributed by atoms with Crippen LogP contribution in [0.15, 0.2) is 22.7 Å². The number of anilines is 1. The van der Waals surface area contributed by atoms with Crippen LogP contribution >= 0.6 is 11.6 Å². The Labute approximate surface area is 141 Å². The molecule has 1 aromatic carbocycles. The van der Waals surface area contributed by atoms with Crippen molar-refractivity contribution in [2.45, 2.75) is 13.5 Å². The van der Waals surface area contributed by atoms with Gasteiger partial charge in [-0.25, -0.2) is 4.79 Å². The zero-order valence-corrected chi connectivity index (χ0v) is 13.4. The van der Waals surface area contributed by atoms with Gasteiger partial charge in [-0.2, -0.15) is 4.98 Å². The molecule has 24 heavy (non-hydrogen) atoms. The van der Waals surface area contributed by atoms with Gasteiger partial charge >= 0.3 is 5.97 Å². The van der Waals surface area contributed by atoms with Crippen LogP contribution in [0.3, 0.4) is 0 Å². The maximum absolute atomic E-state index is 11.8. The summed E-state index contributed by atoms with van der Waals surface area (Å²) in [5.41, 5.74) is 0.421. The normalized spacial score (nSPS) is 10.4. The van der Waals surface area contributed by atoms with Crippen molar-refractivity contribution in [2.75, 3.05) is 18.5 Å². The first-order valence-corrected chi connectivity index (χ1v) is 7.13. The van der Waals surface area contributed by atoms with Crippen LogP contribution in [0.2, 0.25) is 5.02 Å². The smallest absolute Gasteiger partial charge is 0.341 e. The molecule has 2 aromatic rings. The van der Waals surface area contributed by atoms with E-state index in [2.05, 4.69) is 15.5 Å². The molecular weight excluding hydrogens is 342 g/mol. The van der Waals surface area contributed by atoms with Crippen molar-refractivity contribution in [1.29, 1.82) is 0 Å². The van der Waals surface area contributed by atoms with Gasteiger partial charge in [0.25, 0.3) is 5.89 Å². The molecule has 0 radical (unpaired) electrons. The number of carboxylic acids is 1. The molecule has 128 valence electrons. The number of benzene rings is 1. The van der Waals surface area contributed by atoms with Crippen LogP contribution in [-0.2, 0) is 20.9 Å². The van der Waals surface area contributed by atoms with Gasteiger partial charge in [0.1, 0.15) is 19.0 Å². The number of nitrogens with zero attached hydrogens (tertiary/aromatic N) is 2. The van der Waals surface area contributed by atoms with E-state index >= 15 is 0 Å². The van der Waals surface area contributed by atoms with Crippen LogP contribution in [-0.4, -0.2) is 40.3 Å². The average molecular weight is 356 g/mol. The van der Waals surface area contributed by atoms with E-state index in [1.165, 1.54) is 18.2 Å². The maximum Gasteiger partial charge on any atom is 0.341 e. The number of carbonyl (C=O) groups excluding carboxylic acids is 1. The van der Waals surface area contributed by atoms with Gasteiger partial charge in [-0.1, -0.05) is 16.8 Å². The molecule has 0 aliphatic carbocycles. The highest BCUT2D eigenvalue weighted by Crippen LogP contribution is 2.27. The highest BCUT2D eigenvalue weighted by Gasteiger charge is 2.09. The van der Waals surface area contributed by atoms with Crippen molar-refractivity contribution in [2.24, 2.45) is 0 Å². The van der Waals surface area contributed by atoms with Crippen molar-refractivity contribution >= 4 is 29.2 Å². The molecule has 0 saturated heterocycles. The number of ether oxygens (including phenoxy) is 2. The Morgan fingerprint density at radius 3 is 2.79 bits per heavy atom. The Balaban J connectivity index is 1.80. The van der Waals surface area contributed by atoms with Gasteiger partial charge in [-0.3, -0.25) is 4.79 Å². The average Bonchev–Trinajstić information content (AvgIpc) is 2.91. The fourth-order valence-corrected chi connectivity index (χ4v) is 1.90. The Morgan fingerprint density at radius 1 is 1.38 bits per heavy atom. The topological polar surface area (TPSA) is 124 Å². The van der Waals surface area contributed by atoms with Crippen molar-refractivity contribution < 1.29 is 28.7 Å². The van der Waals surface area contributed by atoms with Crippen LogP contribution in [0.4, 0.5) is 5.69 Å². The summed E-state index contributed by atoms with van der Waals surface area (Å²) in [6.45, 7) is 0.981. The Morgan fingerprint density at radius 2 is 2.17 bits per heavy atom. The summed E-state index contributed by atoms with van der Waals surface area (Å²) in [6, 6.07) is 4.43. The van der Waals surface area contributed by atoms with E-state index in [4.69, 9.17) is 30.7 Å². The molecule has 0 atom stereocenters. The number of carbonyl (C=O) groups is 2. The van der Waals surface area contributed by atoms with E-state index in [0.29, 0.717) is 11.5 Å². The van der Waals surface area contributed by atoms with Gasteiger partial charge in [-0.15, -0.1) is 0 Å². The maximum atomic E-state index is 11.8. The van der Waals surface area contributed by atoms with Gasteiger partial charge in [0.2, 0.25) is 5.91 Å². The number of halogens is 1. The quantitative estimate of drug-likeness (QED) is 0.732. The third-order valence-corrected chi connectivity index (χ3v) is 2.89. The van der Waals surface area contributed by atoms with Crippen LogP contribution in [0.25, 0.3) is 0 Å². The number of amides is 1. The fraction of sp³-hybridized carbons (Fsp3) is 0.286. The van der Waals surface area contributed by atoms with Gasteiger partial charge in [0, 0.05) is 5.69 Å². The molecule has 0 unspecified atom stereocenters. The first-order valence-electron chi connectivity index (χ1n) is 6.75. The molecule has 2 N–H and O–H groups in total. The molecule has 9 nitrogen and oxygen atoms in total. The highest BCUT2D eigenvalue weighted by molar-refractivity contribution is 6.32. The third kappa shape index (κ3) is 5.52. The Hall–Kier alpha value is -2.65. The van der Waals surface area contributed by atoms with Crippen LogP contribution in [0.5, 0.6) is 5.75 Å². The minimum absolute atomic E-state index is 0.0248. The molecule has 1 aromatic heterocycles. The van der Waals surface area contributed by atoms with Crippen LogP contribution in [0, 0.1) is 6.92 Å². The minimum atomic E-state index is -1.11. The zero-order chi connectivity index (χ0) is 17.5. The number of aromatic nitrogens is 2. The summed E-state index contributed by atoms with van der Waals surface area (Å²) in [7, 11) is 0. The molecular formula is C14H14ClN3O6. The number of hydrogen-bond donors (Lipinski definition) is 2. The molecule has 1 amide bonds. The fourth-order valence-electron chi connectivity index (χ4n) is 1.66. The second-order valence-corrected chi connectivity index (χ2v) is 5.01. The van der Waals surface area contributed by atoms with E-state index < -0.39 is 18.5 Å². The number of aliphatic carboxylic acids is 1. The van der Waals surface area contributed by atoms with Crippen molar-refractivity contribution in [3.63, 3.8) is 0 Å². The standard InChI is InChI=1S/C14H14ClN3O6/c1-8-16-13(24-18-8)6-22-5-12(19)17-9-2-3-11(10(15)4-9)23-7-14(20)21/h2-4H,5-7H2,1H3,(H,17,19)(H,20,21). The van der Waals surface area contributed by atoms with E-state index in [1.807, 2.05) is 0 Å². The molecule has 2 rings (SSSR count). The lowest BCUT2D eigenvalue weighted by Crippen LogP contribution is -2.18. The SMILES string of the molecule is Cc1noc(COCC(=O)Nc2ccc(OCC(=O)O)c(Cl)c2)n1. The summed E-state index contributed by atoms with van der Waals surface area (Å²) in [4.78, 5) is 26.1. The first kappa shape index (κ1) is 17.7. The molecule has 0 saturated carbocycles. The number of rotatable bonds is 8. The lowest BCUT2D eigenvalue weighted by atomic mass is 10.3. The zero-order valence-electron chi connectivity index (χ0n) is 12.6. The summed E-state index contributed by atoms with van der Waals surface area (Å²) in [5, 5.41) is 14.9. The summed E-state index contributed by atoms with van der Waals surface area (Å²) < 4.78 is 15.0. The predicted octanol–water partition coefficient (Wildman–Crippen LogP) is 1.65. The molecule has 0 aliphatic rings. The third-order valence-electron chi connectivity index (χ3n) is 2.60. The molecule has 10 heteroatoms. The van der Waals surface area contributed by atoms with Gasteiger partial charge in [-0.05, 0) is 25.1 Å². The summed E-state index contributed by atoms with van der Waals surface area (Å²) in [5.74, 6) is -0.542. The molecule has 0 spiro atoms. The van der Waals surface area contributed by atoms with Crippen molar-refractivity contribution in [3.05, 3.63) is 34.9 Å². The van der Waals surface area contributed by atoms with Crippen LogP contribution < -0.4 is 10.1 Å². The van der Waals surface area contributed by atoms with E-state index in [1.54, 1.807) is 6.92 Å². The predicted molar refractivity (Wildman–Crippen MR) is 81.9 cm³/mol. The second-order valence-electron chi connectivity index (χ2n) is 4.60. The molecule has 1 heterocycles. The monoisotopic (exact) mass is 355 g/mol. The lowest BCUT2D eigenvalue weighted by molar-refractivity contribution is -0.139. The van der Waals surface area contributed by atoms with Crippen molar-refractivity contribution in [3.8, 4) is 5.75 Å². The van der Waals surface area contributed by atoms with Gasteiger partial charge in [0.05, 0.1) is 5.02 Å². The number of aryl methyl sites for hydroxylation is 1. The molecule has 0 bridgehead atoms. The molecule has 0 aliphatic heterocycles. The Kier molecular flexibility index (Phi) is 6.10. The van der Waals surface area contributed by atoms with E-state index in [9.17, 15) is 9.59 Å². The summed E-state index contributed by atoms with van der Waals surface area (Å²) in [6.07, 6.45) is 0. The first-order chi connectivity index (χ1) is 11.4. The van der Waals surface area contributed by atoms with Crippen LogP contribution in [0.1, 0.15) is 11.7 Å². The Bertz CT molecular complexity index is 733. The number of hydrogen-bond acceptors (Lipinski definition) is 7. The number of carboxylic acid groups (broad SMARTS) is 1. The summed E-state index contributed by atoms with van der Waals surface area (Å²) >= 11 is 5.95. The van der Waals surface area contributed by atoms with Crippen molar-refractivity contribution in [1.82, 2.24) is 10.1 Å². The lowest BCUT2D eigenvalue weighted by Gasteiger charge is -2.09. The molecule has 0 fully saturated rings. The number of nitrogens with one attached hydrogen (secondary N) is 1. The second kappa shape index (κ2) is 8.27. The highest BCUT2D eigenvalue weighted by atomic mass is 35.5. The minimum Gasteiger partial charge on any atom is -0.480 e. The van der Waals surface area contributed by atoms with E-state index in [-0.39, 0.29) is 29.9 Å². The van der Waals surface area contributed by atoms with Gasteiger partial charge < -0.3 is 24.4 Å². The van der Waals surface area contributed by atoms with E-state index in [0.717, 1.165) is 0 Å². The van der Waals surface area contributed by atoms with Gasteiger partial charge in [0.15, 0.2) is 12.4 Å². The largest absolute Gasteiger partial charge is 0.480 e.